The molecule has 0 bridgehead atoms. The first-order valence-corrected chi connectivity index (χ1v) is 10.7. The largest absolute Gasteiger partial charge is 0.493 e. The Labute approximate surface area is 179 Å². The molecule has 0 saturated carbocycles. The van der Waals surface area contributed by atoms with Crippen molar-refractivity contribution >= 4 is 5.69 Å². The standard InChI is InChI=1S/C26H31NO3/c1-2-3-11-18-29-25-16-9-7-12-22(25)21-27-24-15-8-10-17-26(24)30-20-19-28-23-13-5-4-6-14-23/h4-10,12-17,27H,2-3,11,18-21H2,1H3. The number of para-hydroxylation sites is 4. The first-order chi connectivity index (χ1) is 14.9. The molecule has 3 aromatic rings. The molecule has 0 aromatic heterocycles. The van der Waals surface area contributed by atoms with E-state index in [9.17, 15) is 0 Å². The Balaban J connectivity index is 1.51. The van der Waals surface area contributed by atoms with E-state index in [4.69, 9.17) is 14.2 Å². The lowest BCUT2D eigenvalue weighted by Gasteiger charge is -2.15. The third kappa shape index (κ3) is 7.03. The molecular weight excluding hydrogens is 374 g/mol. The summed E-state index contributed by atoms with van der Waals surface area (Å²) in [6.07, 6.45) is 3.47. The Bertz CT molecular complexity index is 867. The Morgan fingerprint density at radius 1 is 0.633 bits per heavy atom. The van der Waals surface area contributed by atoms with Gasteiger partial charge in [0.2, 0.25) is 0 Å². The van der Waals surface area contributed by atoms with Gasteiger partial charge in [-0.2, -0.15) is 0 Å². The molecule has 4 heteroatoms. The Kier molecular flexibility index (Phi) is 8.93. The van der Waals surface area contributed by atoms with Crippen LogP contribution < -0.4 is 19.5 Å². The molecule has 0 unspecified atom stereocenters. The van der Waals surface area contributed by atoms with E-state index in [1.807, 2.05) is 72.8 Å². The van der Waals surface area contributed by atoms with Crippen LogP contribution in [0.2, 0.25) is 0 Å². The second-order valence-electron chi connectivity index (χ2n) is 7.02. The van der Waals surface area contributed by atoms with Gasteiger partial charge < -0.3 is 19.5 Å². The predicted octanol–water partition coefficient (Wildman–Crippen LogP) is 6.33. The smallest absolute Gasteiger partial charge is 0.142 e. The maximum absolute atomic E-state index is 5.99. The Morgan fingerprint density at radius 2 is 1.30 bits per heavy atom. The number of anilines is 1. The fourth-order valence-electron chi connectivity index (χ4n) is 3.08. The Morgan fingerprint density at radius 3 is 2.13 bits per heavy atom. The molecular formula is C26H31NO3. The van der Waals surface area contributed by atoms with Crippen molar-refractivity contribution in [1.29, 1.82) is 0 Å². The number of hydrogen-bond donors (Lipinski definition) is 1. The second-order valence-corrected chi connectivity index (χ2v) is 7.02. The topological polar surface area (TPSA) is 39.7 Å². The molecule has 0 spiro atoms. The summed E-state index contributed by atoms with van der Waals surface area (Å²) in [4.78, 5) is 0. The number of rotatable bonds is 13. The predicted molar refractivity (Wildman–Crippen MR) is 123 cm³/mol. The van der Waals surface area contributed by atoms with E-state index < -0.39 is 0 Å². The van der Waals surface area contributed by atoms with Crippen LogP contribution in [0.25, 0.3) is 0 Å². The van der Waals surface area contributed by atoms with Gasteiger partial charge in [0.05, 0.1) is 12.3 Å². The van der Waals surface area contributed by atoms with Crippen LogP contribution in [0.4, 0.5) is 5.69 Å². The van der Waals surface area contributed by atoms with Crippen LogP contribution >= 0.6 is 0 Å². The van der Waals surface area contributed by atoms with Crippen molar-refractivity contribution in [2.24, 2.45) is 0 Å². The van der Waals surface area contributed by atoms with Gasteiger partial charge in [0.1, 0.15) is 30.5 Å². The van der Waals surface area contributed by atoms with Gasteiger partial charge in [0.25, 0.3) is 0 Å². The Hall–Kier alpha value is -3.14. The highest BCUT2D eigenvalue weighted by Crippen LogP contribution is 2.26. The minimum absolute atomic E-state index is 0.477. The molecule has 0 heterocycles. The van der Waals surface area contributed by atoms with Gasteiger partial charge >= 0.3 is 0 Å². The molecule has 1 N–H and O–H groups in total. The van der Waals surface area contributed by atoms with Crippen LogP contribution in [0.5, 0.6) is 17.2 Å². The van der Waals surface area contributed by atoms with Crippen LogP contribution in [0, 0.1) is 0 Å². The molecule has 158 valence electrons. The van der Waals surface area contributed by atoms with Gasteiger partial charge in [-0.05, 0) is 36.8 Å². The van der Waals surface area contributed by atoms with Crippen LogP contribution in [0.15, 0.2) is 78.9 Å². The lowest BCUT2D eigenvalue weighted by molar-refractivity contribution is 0.218. The van der Waals surface area contributed by atoms with E-state index >= 15 is 0 Å². The second kappa shape index (κ2) is 12.4. The summed E-state index contributed by atoms with van der Waals surface area (Å²) in [7, 11) is 0. The normalized spacial score (nSPS) is 10.4. The van der Waals surface area contributed by atoms with Crippen molar-refractivity contribution in [2.45, 2.75) is 32.7 Å². The first-order valence-electron chi connectivity index (χ1n) is 10.7. The van der Waals surface area contributed by atoms with E-state index in [-0.39, 0.29) is 0 Å². The average Bonchev–Trinajstić information content (AvgIpc) is 2.80. The molecule has 3 rings (SSSR count). The van der Waals surface area contributed by atoms with Crippen molar-refractivity contribution in [3.63, 3.8) is 0 Å². The summed E-state index contributed by atoms with van der Waals surface area (Å²) in [6, 6.07) is 25.9. The van der Waals surface area contributed by atoms with Gasteiger partial charge in [0.15, 0.2) is 0 Å². The number of hydrogen-bond acceptors (Lipinski definition) is 4. The molecule has 0 atom stereocenters. The molecule has 0 aliphatic rings. The maximum atomic E-state index is 5.99. The van der Waals surface area contributed by atoms with Gasteiger partial charge in [-0.3, -0.25) is 0 Å². The van der Waals surface area contributed by atoms with E-state index in [0.29, 0.717) is 19.8 Å². The zero-order chi connectivity index (χ0) is 20.9. The minimum atomic E-state index is 0.477. The van der Waals surface area contributed by atoms with Gasteiger partial charge in [-0.15, -0.1) is 0 Å². The van der Waals surface area contributed by atoms with E-state index in [1.54, 1.807) is 0 Å². The molecule has 0 amide bonds. The molecule has 4 nitrogen and oxygen atoms in total. The lowest BCUT2D eigenvalue weighted by Crippen LogP contribution is -2.10. The van der Waals surface area contributed by atoms with E-state index in [1.165, 1.54) is 12.8 Å². The molecule has 3 aromatic carbocycles. The van der Waals surface area contributed by atoms with Crippen molar-refractivity contribution in [3.8, 4) is 17.2 Å². The lowest BCUT2D eigenvalue weighted by atomic mass is 10.2. The molecule has 0 aliphatic carbocycles. The fourth-order valence-corrected chi connectivity index (χ4v) is 3.08. The van der Waals surface area contributed by atoms with Crippen LogP contribution in [0.1, 0.15) is 31.7 Å². The molecule has 0 fully saturated rings. The van der Waals surface area contributed by atoms with Gasteiger partial charge in [0, 0.05) is 12.1 Å². The monoisotopic (exact) mass is 405 g/mol. The van der Waals surface area contributed by atoms with E-state index in [0.717, 1.165) is 41.5 Å². The van der Waals surface area contributed by atoms with Crippen LogP contribution in [-0.2, 0) is 6.54 Å². The summed E-state index contributed by atoms with van der Waals surface area (Å²) in [5.41, 5.74) is 2.09. The highest BCUT2D eigenvalue weighted by atomic mass is 16.5. The maximum Gasteiger partial charge on any atom is 0.142 e. The van der Waals surface area contributed by atoms with Crippen LogP contribution in [-0.4, -0.2) is 19.8 Å². The van der Waals surface area contributed by atoms with E-state index in [2.05, 4.69) is 18.3 Å². The highest BCUT2D eigenvalue weighted by molar-refractivity contribution is 5.56. The quantitative estimate of drug-likeness (QED) is 0.338. The minimum Gasteiger partial charge on any atom is -0.493 e. The average molecular weight is 406 g/mol. The number of ether oxygens (including phenoxy) is 3. The third-order valence-electron chi connectivity index (χ3n) is 4.69. The van der Waals surface area contributed by atoms with Crippen molar-refractivity contribution in [1.82, 2.24) is 0 Å². The molecule has 0 saturated heterocycles. The zero-order valence-corrected chi connectivity index (χ0v) is 17.7. The van der Waals surface area contributed by atoms with Gasteiger partial charge in [-0.1, -0.05) is 68.3 Å². The van der Waals surface area contributed by atoms with Crippen molar-refractivity contribution < 1.29 is 14.2 Å². The molecule has 30 heavy (non-hydrogen) atoms. The summed E-state index contributed by atoms with van der Waals surface area (Å²) in [5.74, 6) is 2.61. The number of nitrogens with one attached hydrogen (secondary N) is 1. The van der Waals surface area contributed by atoms with Crippen LogP contribution in [0.3, 0.4) is 0 Å². The fraction of sp³-hybridized carbons (Fsp3) is 0.308. The molecule has 0 radical (unpaired) electrons. The SMILES string of the molecule is CCCCCOc1ccccc1CNc1ccccc1OCCOc1ccccc1. The number of benzene rings is 3. The summed E-state index contributed by atoms with van der Waals surface area (Å²) in [6.45, 7) is 4.60. The summed E-state index contributed by atoms with van der Waals surface area (Å²) in [5, 5.41) is 3.48. The van der Waals surface area contributed by atoms with Crippen molar-refractivity contribution in [3.05, 3.63) is 84.4 Å². The van der Waals surface area contributed by atoms with Gasteiger partial charge in [-0.25, -0.2) is 0 Å². The highest BCUT2D eigenvalue weighted by Gasteiger charge is 2.06. The van der Waals surface area contributed by atoms with Crippen molar-refractivity contribution in [2.75, 3.05) is 25.1 Å². The molecule has 0 aliphatic heterocycles. The summed E-state index contributed by atoms with van der Waals surface area (Å²) >= 11 is 0. The zero-order valence-electron chi connectivity index (χ0n) is 17.7. The number of unbranched alkanes of at least 4 members (excludes halogenated alkanes) is 2. The third-order valence-corrected chi connectivity index (χ3v) is 4.69. The summed E-state index contributed by atoms with van der Waals surface area (Å²) < 4.78 is 17.6. The first kappa shape index (κ1) is 21.6.